The third-order valence-corrected chi connectivity index (χ3v) is 0.149. The zero-order valence-corrected chi connectivity index (χ0v) is 5.61. The Kier molecular flexibility index (Phi) is 10.6. The smallest absolute Gasteiger partial charge is 0.369 e. The topological polar surface area (TPSA) is 165 Å². The van der Waals surface area contributed by atoms with Crippen molar-refractivity contribution in [2.24, 2.45) is 22.4 Å². The Balaban J connectivity index is -0.000000107. The van der Waals surface area contributed by atoms with Gasteiger partial charge in [-0.15, -0.1) is 5.10 Å². The van der Waals surface area contributed by atoms with Crippen molar-refractivity contribution in [3.63, 3.8) is 0 Å². The van der Waals surface area contributed by atoms with Gasteiger partial charge in [-0.3, -0.25) is 9.11 Å². The van der Waals surface area contributed by atoms with Crippen LogP contribution in [0.25, 0.3) is 0 Å². The molecule has 0 bridgehead atoms. The largest absolute Gasteiger partial charge is 0.394 e. The lowest BCUT2D eigenvalue weighted by Crippen LogP contribution is -2.23. The standard InChI is InChI=1S/CH6N4.CH4.H2O4S/c2-1(3)5-4;;1-5(2,3)4/h4H2,(H4,2,3,5);1H4;(H2,1,2,3,4). The molecule has 0 aliphatic carbocycles. The van der Waals surface area contributed by atoms with E-state index in [9.17, 15) is 0 Å². The number of hydrogen-bond donors (Lipinski definition) is 5. The lowest BCUT2D eigenvalue weighted by molar-refractivity contribution is 0.381. The Morgan fingerprint density at radius 2 is 1.36 bits per heavy atom. The van der Waals surface area contributed by atoms with E-state index in [1.807, 2.05) is 0 Å². The predicted octanol–water partition coefficient (Wildman–Crippen LogP) is -1.88. The molecule has 0 unspecified atom stereocenters. The highest BCUT2D eigenvalue weighted by Gasteiger charge is 1.84. The summed E-state index contributed by atoms with van der Waals surface area (Å²) in [5.41, 5.74) is 9.39. The fraction of sp³-hybridized carbons (Fsp3) is 0.500. The van der Waals surface area contributed by atoms with E-state index >= 15 is 0 Å². The molecule has 0 aromatic rings. The highest BCUT2D eigenvalue weighted by atomic mass is 32.3. The van der Waals surface area contributed by atoms with Crippen LogP contribution < -0.4 is 17.3 Å². The van der Waals surface area contributed by atoms with Gasteiger partial charge in [-0.25, -0.2) is 0 Å². The minimum atomic E-state index is -4.67. The van der Waals surface area contributed by atoms with E-state index < -0.39 is 10.4 Å². The number of rotatable bonds is 0. The Labute approximate surface area is 64.6 Å². The minimum absolute atomic E-state index is 0. The number of nitrogens with zero attached hydrogens (tertiary/aromatic N) is 1. The molecule has 9 heteroatoms. The second kappa shape index (κ2) is 7.05. The number of hydrogen-bond acceptors (Lipinski definition) is 4. The Hall–Kier alpha value is -1.06. The van der Waals surface area contributed by atoms with Gasteiger partial charge in [-0.2, -0.15) is 8.42 Å². The fourth-order valence-electron chi connectivity index (χ4n) is 0. The minimum Gasteiger partial charge on any atom is -0.369 e. The van der Waals surface area contributed by atoms with Crippen molar-refractivity contribution >= 4 is 16.4 Å². The first-order chi connectivity index (χ1) is 4.27. The summed E-state index contributed by atoms with van der Waals surface area (Å²) >= 11 is 0. The molecular weight excluding hydrogens is 176 g/mol. The molecule has 0 aliphatic rings. The number of nitrogens with two attached hydrogens (primary N) is 3. The molecule has 0 heterocycles. The van der Waals surface area contributed by atoms with Gasteiger partial charge in [0.2, 0.25) is 5.96 Å². The molecule has 0 aromatic carbocycles. The maximum Gasteiger partial charge on any atom is 0.394 e. The van der Waals surface area contributed by atoms with E-state index in [1.54, 1.807) is 0 Å². The summed E-state index contributed by atoms with van der Waals surface area (Å²) < 4.78 is 31.6. The van der Waals surface area contributed by atoms with Crippen LogP contribution in [0, 0.1) is 0 Å². The van der Waals surface area contributed by atoms with Crippen LogP contribution in [0.5, 0.6) is 0 Å². The van der Waals surface area contributed by atoms with Gasteiger partial charge in [-0.05, 0) is 0 Å². The average Bonchev–Trinajstić information content (AvgIpc) is 1.61. The summed E-state index contributed by atoms with van der Waals surface area (Å²) in [5.74, 6) is 4.42. The third-order valence-electron chi connectivity index (χ3n) is 0.149. The van der Waals surface area contributed by atoms with Crippen LogP contribution >= 0.6 is 0 Å². The van der Waals surface area contributed by atoms with Gasteiger partial charge in [0.25, 0.3) is 0 Å². The molecule has 70 valence electrons. The van der Waals surface area contributed by atoms with E-state index in [1.165, 1.54) is 0 Å². The van der Waals surface area contributed by atoms with E-state index in [0.29, 0.717) is 0 Å². The van der Waals surface area contributed by atoms with Crippen molar-refractivity contribution in [1.29, 1.82) is 0 Å². The van der Waals surface area contributed by atoms with Crippen LogP contribution in [-0.2, 0) is 10.4 Å². The monoisotopic (exact) mass is 188 g/mol. The van der Waals surface area contributed by atoms with Crippen molar-refractivity contribution < 1.29 is 17.5 Å². The van der Waals surface area contributed by atoms with Gasteiger partial charge in [0.15, 0.2) is 0 Å². The highest BCUT2D eigenvalue weighted by Crippen LogP contribution is 1.59. The Morgan fingerprint density at radius 3 is 1.36 bits per heavy atom. The van der Waals surface area contributed by atoms with Crippen molar-refractivity contribution in [2.75, 3.05) is 0 Å². The van der Waals surface area contributed by atoms with Gasteiger partial charge >= 0.3 is 10.4 Å². The van der Waals surface area contributed by atoms with Gasteiger partial charge < -0.3 is 17.3 Å². The first-order valence-electron chi connectivity index (χ1n) is 1.76. The van der Waals surface area contributed by atoms with Crippen LogP contribution in [-0.4, -0.2) is 23.5 Å². The van der Waals surface area contributed by atoms with Crippen LogP contribution in [0.15, 0.2) is 5.10 Å². The van der Waals surface area contributed by atoms with Crippen molar-refractivity contribution in [3.05, 3.63) is 0 Å². The summed E-state index contributed by atoms with van der Waals surface area (Å²) in [6, 6.07) is 0. The molecular formula is C2H12N4O4S. The Morgan fingerprint density at radius 1 is 1.27 bits per heavy atom. The maximum atomic E-state index is 8.74. The van der Waals surface area contributed by atoms with Crippen LogP contribution in [0.1, 0.15) is 7.43 Å². The van der Waals surface area contributed by atoms with E-state index in [-0.39, 0.29) is 13.4 Å². The molecule has 0 saturated heterocycles. The second-order valence-corrected chi connectivity index (χ2v) is 1.90. The molecule has 8 N–H and O–H groups in total. The highest BCUT2D eigenvalue weighted by molar-refractivity contribution is 7.79. The fourth-order valence-corrected chi connectivity index (χ4v) is 0. The summed E-state index contributed by atoms with van der Waals surface area (Å²) in [5, 5.41) is 2.86. The van der Waals surface area contributed by atoms with Gasteiger partial charge in [-0.1, -0.05) is 7.43 Å². The van der Waals surface area contributed by atoms with Crippen LogP contribution in [0.2, 0.25) is 0 Å². The molecule has 11 heavy (non-hydrogen) atoms. The summed E-state index contributed by atoms with van der Waals surface area (Å²) in [4.78, 5) is 0. The molecule has 0 amide bonds. The lowest BCUT2D eigenvalue weighted by atomic mass is 11.1. The van der Waals surface area contributed by atoms with Crippen LogP contribution in [0.3, 0.4) is 0 Å². The first kappa shape index (κ1) is 16.5. The first-order valence-corrected chi connectivity index (χ1v) is 3.15. The third kappa shape index (κ3) is 487. The van der Waals surface area contributed by atoms with E-state index in [4.69, 9.17) is 29.0 Å². The van der Waals surface area contributed by atoms with Gasteiger partial charge in [0.05, 0.1) is 0 Å². The summed E-state index contributed by atoms with van der Waals surface area (Å²) in [6.07, 6.45) is 0. The molecule has 0 saturated carbocycles. The van der Waals surface area contributed by atoms with Gasteiger partial charge in [0, 0.05) is 0 Å². The normalized spacial score (nSPS) is 8.18. The van der Waals surface area contributed by atoms with Gasteiger partial charge in [0.1, 0.15) is 0 Å². The van der Waals surface area contributed by atoms with Crippen molar-refractivity contribution in [2.45, 2.75) is 7.43 Å². The quantitative estimate of drug-likeness (QED) is 0.0974. The lowest BCUT2D eigenvalue weighted by Gasteiger charge is -1.76. The molecule has 8 nitrogen and oxygen atoms in total. The SMILES string of the molecule is C.NN=C(N)N.O=S(=O)(O)O. The average molecular weight is 188 g/mol. The summed E-state index contributed by atoms with van der Waals surface area (Å²) in [6.45, 7) is 0. The zero-order valence-electron chi connectivity index (χ0n) is 4.80. The molecule has 0 rings (SSSR count). The number of guanidine groups is 1. The number of hydrazone groups is 1. The molecule has 0 aromatic heterocycles. The van der Waals surface area contributed by atoms with Crippen molar-refractivity contribution in [3.8, 4) is 0 Å². The Bertz CT molecular complexity index is 184. The summed E-state index contributed by atoms with van der Waals surface area (Å²) in [7, 11) is -4.67. The zero-order chi connectivity index (χ0) is 8.78. The molecule has 0 aliphatic heterocycles. The molecule has 0 atom stereocenters. The molecule has 0 radical (unpaired) electrons. The molecule has 0 spiro atoms. The van der Waals surface area contributed by atoms with E-state index in [0.717, 1.165) is 0 Å². The molecule has 0 fully saturated rings. The van der Waals surface area contributed by atoms with Crippen LogP contribution in [0.4, 0.5) is 0 Å². The van der Waals surface area contributed by atoms with E-state index in [2.05, 4.69) is 10.9 Å². The predicted molar refractivity (Wildman–Crippen MR) is 40.9 cm³/mol. The van der Waals surface area contributed by atoms with Crippen molar-refractivity contribution in [1.82, 2.24) is 0 Å². The maximum absolute atomic E-state index is 8.74. The second-order valence-electron chi connectivity index (χ2n) is 1.00.